The molecule has 131 heavy (non-hydrogen) atoms. The van der Waals surface area contributed by atoms with Crippen molar-refractivity contribution < 1.29 is 107 Å². The van der Waals surface area contributed by atoms with E-state index >= 15 is 33.6 Å². The minimum Gasteiger partial charge on any atom is -0.508 e. The number of phenols is 1. The molecule has 43 nitrogen and oxygen atoms in total. The van der Waals surface area contributed by atoms with Crippen LogP contribution < -0.4 is 65.1 Å². The lowest BCUT2D eigenvalue weighted by Crippen LogP contribution is -2.60. The molecule has 15 atom stereocenters. The standard InChI is InChI=1S/C87H117N21O22S/c1-45(2)27-61-86(129)108-40-54(111)33-69(108)82(125)98-59(29-49-36-92-57-17-10-8-15-55(49)57)70(112)31-51(41-109)77(120)101-63(30-50-37-93-58-18-11-9-16-56(50)58)84(127)105(6)67(19-12-13-25-88)87(130)106(7)68(35-74(116)117)81(124)96-46(3)75(118)103-65(78(121)94-39-72(90)114)42-131-43-73(115)97-62(28-48-21-23-53(110)24-22-48)83(126)104(5)47(4)76(119)100-64(34-71(89)113)85(128)107-26-14-20-66(107)80(123)99-60(79(122)102-61)32-52-38-91-44-95-52/h8-11,15-18,21-24,36-38,44-47,51,54,59-69,92-93,109-111H,12-14,19-20,25-35,39-43,88H2,1-7H3,(H2,89,113)(H2,90,114)(H,91,95)(H,94,121)(H,96,124)(H,97,115)(H,98,125)(H,99,123)(H,100,119)(H,101,120)(H,102,122)(H,103,118)(H,116,117)/t46-,47?,51-,54+,59+,60+,61-,62-,63-,64+,65+,66-,67+,68+,69?/m0/s1. The number of carbonyl (C=O) groups is 18. The molecule has 0 spiro atoms. The number of para-hydroxylation sites is 2. The number of likely N-dealkylation sites (N-methyl/N-ethyl adjacent to an activating group) is 3. The molecule has 9 rings (SSSR count). The van der Waals surface area contributed by atoms with Crippen molar-refractivity contribution in [1.82, 2.24) is 92.3 Å². The van der Waals surface area contributed by atoms with Gasteiger partial charge in [-0.25, -0.2) is 4.98 Å². The normalized spacial score (nSPS) is 25.2. The molecule has 0 aliphatic carbocycles. The summed E-state index contributed by atoms with van der Waals surface area (Å²) in [6.07, 6.45) is 0.459. The number of thioether (sulfide) groups is 1. The van der Waals surface area contributed by atoms with Gasteiger partial charge < -0.3 is 125 Å². The predicted octanol–water partition coefficient (Wildman–Crippen LogP) is -3.86. The summed E-state index contributed by atoms with van der Waals surface area (Å²) in [6, 6.07) is -1.56. The first-order valence-corrected chi connectivity index (χ1v) is 44.3. The van der Waals surface area contributed by atoms with Crippen LogP contribution in [-0.2, 0) is 112 Å². The lowest BCUT2D eigenvalue weighted by Gasteiger charge is -2.36. The van der Waals surface area contributed by atoms with Crippen LogP contribution >= 0.6 is 11.8 Å². The fourth-order valence-corrected chi connectivity index (χ4v) is 16.9. The number of H-pyrrole nitrogens is 3. The number of imidazole rings is 1. The number of hydrogen-bond donors (Lipinski definition) is 19. The number of benzene rings is 3. The fraction of sp³-hybridized carbons (Fsp3) is 0.506. The van der Waals surface area contributed by atoms with Crippen LogP contribution in [0.5, 0.6) is 5.75 Å². The number of aliphatic carboxylic acids is 1. The molecule has 3 saturated heterocycles. The third kappa shape index (κ3) is 27.6. The third-order valence-electron chi connectivity index (χ3n) is 23.4. The van der Waals surface area contributed by atoms with Crippen LogP contribution in [0.15, 0.2) is 97.7 Å². The van der Waals surface area contributed by atoms with Gasteiger partial charge >= 0.3 is 5.97 Å². The Hall–Kier alpha value is -13.4. The van der Waals surface area contributed by atoms with Crippen LogP contribution in [0.1, 0.15) is 114 Å². The van der Waals surface area contributed by atoms with E-state index in [0.29, 0.717) is 50.3 Å². The molecule has 3 aromatic heterocycles. The molecule has 44 heteroatoms. The molecule has 3 aromatic carbocycles. The van der Waals surface area contributed by atoms with E-state index in [4.69, 9.17) is 17.2 Å². The first-order chi connectivity index (χ1) is 62.2. The molecule has 708 valence electrons. The summed E-state index contributed by atoms with van der Waals surface area (Å²) in [5.41, 5.74) is 19.8. The first-order valence-electron chi connectivity index (χ1n) is 43.1. The number of aromatic hydroxyl groups is 1. The summed E-state index contributed by atoms with van der Waals surface area (Å²) in [5, 5.41) is 67.6. The number of hydrogen-bond acceptors (Lipinski definition) is 24. The summed E-state index contributed by atoms with van der Waals surface area (Å²) < 4.78 is 0. The number of Topliss-reactive ketones (excluding diaryl/α,β-unsaturated/α-hetero) is 1. The lowest BCUT2D eigenvalue weighted by atomic mass is 9.93. The maximum atomic E-state index is 15.6. The van der Waals surface area contributed by atoms with Crippen LogP contribution in [0.25, 0.3) is 21.8 Å². The second-order valence-corrected chi connectivity index (χ2v) is 34.6. The topological polar surface area (TPSA) is 651 Å². The quantitative estimate of drug-likeness (QED) is 0.0289. The Morgan fingerprint density at radius 3 is 1.79 bits per heavy atom. The van der Waals surface area contributed by atoms with E-state index in [1.165, 1.54) is 57.8 Å². The van der Waals surface area contributed by atoms with Crippen LogP contribution in [0.4, 0.5) is 0 Å². The highest BCUT2D eigenvalue weighted by Crippen LogP contribution is 2.29. The number of primary amides is 2. The molecule has 2 unspecified atom stereocenters. The van der Waals surface area contributed by atoms with E-state index in [2.05, 4.69) is 67.8 Å². The number of fused-ring (bicyclic) bond motifs is 4. The number of aromatic nitrogens is 4. The van der Waals surface area contributed by atoms with Crippen LogP contribution in [0, 0.1) is 11.8 Å². The number of carboxylic acids is 1. The van der Waals surface area contributed by atoms with Gasteiger partial charge in [-0.05, 0) is 106 Å². The molecule has 6 heterocycles. The Morgan fingerprint density at radius 1 is 0.588 bits per heavy atom. The number of aromatic amines is 3. The first kappa shape index (κ1) is 101. The zero-order valence-corrected chi connectivity index (χ0v) is 74.6. The summed E-state index contributed by atoms with van der Waals surface area (Å²) in [6.45, 7) is 3.58. The summed E-state index contributed by atoms with van der Waals surface area (Å²) in [5.74, 6) is -21.8. The summed E-state index contributed by atoms with van der Waals surface area (Å²) >= 11 is 0.712. The lowest BCUT2D eigenvalue weighted by molar-refractivity contribution is -0.151. The predicted molar refractivity (Wildman–Crippen MR) is 474 cm³/mol. The van der Waals surface area contributed by atoms with Crippen molar-refractivity contribution in [2.45, 2.75) is 202 Å². The SMILES string of the molecule is CC(C)C[C@@H]1NC(=O)[C@@H](Cc2c[nH]cn2)NC(=O)[C@@H]2CCCN2C(=O)[C@@H](CC(N)=O)NC(=O)C(C)N(C)C(=O)[C@H](Cc2ccc(O)cc2)NC(=O)CSC[C@H](C(=O)NCC(N)=O)NC(=O)[C@H](C)NC(=O)[C@@H](CC(=O)O)N(C)C(=O)[C@@H](CCCCN)N(C)C(=O)[C@H](Cc2c[nH]c3ccccc23)NC(=O)[C@H](CO)CC(=O)[C@@H](Cc2c[nH]c3ccccc23)NC(=O)C2C[C@@H](O)CN2C1=O. The van der Waals surface area contributed by atoms with Crippen molar-refractivity contribution in [1.29, 1.82) is 0 Å². The second-order valence-electron chi connectivity index (χ2n) is 33.6. The van der Waals surface area contributed by atoms with Gasteiger partial charge in [0.05, 0.1) is 61.8 Å². The fourth-order valence-electron chi connectivity index (χ4n) is 16.1. The highest BCUT2D eigenvalue weighted by molar-refractivity contribution is 8.00. The van der Waals surface area contributed by atoms with Gasteiger partial charge in [-0.3, -0.25) is 86.3 Å². The third-order valence-corrected chi connectivity index (χ3v) is 24.4. The van der Waals surface area contributed by atoms with Crippen molar-refractivity contribution >= 4 is 140 Å². The van der Waals surface area contributed by atoms with Crippen LogP contribution in [-0.4, -0.2) is 321 Å². The van der Waals surface area contributed by atoms with Gasteiger partial charge in [0.1, 0.15) is 78.3 Å². The van der Waals surface area contributed by atoms with Gasteiger partial charge in [0.25, 0.3) is 0 Å². The number of aliphatic hydroxyl groups excluding tert-OH is 2. The Labute approximate surface area is 757 Å². The van der Waals surface area contributed by atoms with Gasteiger partial charge in [-0.1, -0.05) is 62.4 Å². The molecule has 0 bridgehead atoms. The minimum atomic E-state index is -1.96. The molecular formula is C87H117N21O22S. The Bertz CT molecular complexity index is 5140. The number of rotatable bonds is 22. The molecule has 3 fully saturated rings. The van der Waals surface area contributed by atoms with Crippen molar-refractivity contribution in [3.05, 3.63) is 120 Å². The number of nitrogens with zero attached hydrogens (tertiary/aromatic N) is 6. The molecule has 3 aliphatic heterocycles. The zero-order valence-electron chi connectivity index (χ0n) is 73.8. The van der Waals surface area contributed by atoms with Crippen molar-refractivity contribution in [2.75, 3.05) is 65.4 Å². The Morgan fingerprint density at radius 2 is 1.18 bits per heavy atom. The van der Waals surface area contributed by atoms with Crippen LogP contribution in [0.3, 0.4) is 0 Å². The Balaban J connectivity index is 1.08. The number of aliphatic hydroxyl groups is 2. The Kier molecular flexibility index (Phi) is 36.6. The molecule has 16 amide bonds. The number of carboxylic acid groups (broad SMARTS) is 1. The monoisotopic (exact) mass is 1840 g/mol. The van der Waals surface area contributed by atoms with E-state index in [1.807, 2.05) is 0 Å². The van der Waals surface area contributed by atoms with Gasteiger partial charge in [-0.2, -0.15) is 0 Å². The van der Waals surface area contributed by atoms with E-state index in [9.17, 15) is 73.2 Å². The van der Waals surface area contributed by atoms with Gasteiger partial charge in [-0.15, -0.1) is 11.8 Å². The van der Waals surface area contributed by atoms with Gasteiger partial charge in [0.15, 0.2) is 5.78 Å². The molecule has 3 aliphatic rings. The van der Waals surface area contributed by atoms with Crippen molar-refractivity contribution in [2.24, 2.45) is 29.0 Å². The average molecular weight is 1840 g/mol. The minimum absolute atomic E-state index is 0.0245. The summed E-state index contributed by atoms with van der Waals surface area (Å²) in [4.78, 5) is 278. The highest BCUT2D eigenvalue weighted by Gasteiger charge is 2.47. The number of unbranched alkanes of at least 4 members (excludes halogenated alkanes) is 1. The number of nitrogens with two attached hydrogens (primary N) is 3. The van der Waals surface area contributed by atoms with E-state index in [-0.39, 0.29) is 94.7 Å². The molecule has 22 N–H and O–H groups in total. The zero-order chi connectivity index (χ0) is 95.8. The summed E-state index contributed by atoms with van der Waals surface area (Å²) in [7, 11) is 3.50. The number of amides is 16. The second kappa shape index (κ2) is 47.3. The molecule has 6 aromatic rings. The maximum Gasteiger partial charge on any atom is 0.305 e. The number of carbonyl (C=O) groups excluding carboxylic acids is 17. The molecule has 0 saturated carbocycles. The highest BCUT2D eigenvalue weighted by atomic mass is 32.2. The molecular weight excluding hydrogens is 1720 g/mol. The van der Waals surface area contributed by atoms with E-state index in [0.717, 1.165) is 38.5 Å². The number of phenolic OH excluding ortho intramolecular Hbond substituents is 1. The maximum absolute atomic E-state index is 15.6. The van der Waals surface area contributed by atoms with Crippen molar-refractivity contribution in [3.8, 4) is 5.75 Å². The number of ketones is 1. The average Bonchev–Trinajstić information content (AvgIpc) is 1.69. The van der Waals surface area contributed by atoms with Gasteiger partial charge in [0, 0.05) is 119 Å². The van der Waals surface area contributed by atoms with Crippen molar-refractivity contribution in [3.63, 3.8) is 0 Å². The van der Waals surface area contributed by atoms with E-state index in [1.54, 1.807) is 74.8 Å². The van der Waals surface area contributed by atoms with E-state index < -0.39 is 254 Å². The van der Waals surface area contributed by atoms with Crippen LogP contribution in [0.2, 0.25) is 0 Å². The largest absolute Gasteiger partial charge is 0.508 e. The van der Waals surface area contributed by atoms with Gasteiger partial charge in [0.2, 0.25) is 94.5 Å². The number of nitrogens with one attached hydrogen (secondary N) is 12. The smallest absolute Gasteiger partial charge is 0.305 e. The molecule has 0 radical (unpaired) electrons.